The number of ether oxygens (including phenoxy) is 4. The van der Waals surface area contributed by atoms with Crippen LogP contribution < -0.4 is 32.7 Å². The molecule has 0 spiro atoms. The number of aromatic hydroxyl groups is 1. The van der Waals surface area contributed by atoms with Crippen molar-refractivity contribution in [2.24, 2.45) is 35.1 Å². The maximum absolute atomic E-state index is 14.3. The molecule has 0 aliphatic rings. The molecule has 5 atom stereocenters. The molecule has 90 heavy (non-hydrogen) atoms. The van der Waals surface area contributed by atoms with Gasteiger partial charge in [0.2, 0.25) is 29.5 Å². The molecule has 0 aliphatic carbocycles. The van der Waals surface area contributed by atoms with Crippen LogP contribution in [-0.2, 0) is 78.6 Å². The molecule has 0 saturated heterocycles. The van der Waals surface area contributed by atoms with E-state index in [1.165, 1.54) is 12.1 Å². The van der Waals surface area contributed by atoms with Crippen molar-refractivity contribution >= 4 is 68.8 Å². The second-order valence-electron chi connectivity index (χ2n) is 23.7. The minimum atomic E-state index is -3.86. The lowest BCUT2D eigenvalue weighted by Gasteiger charge is -2.28. The molecule has 25 nitrogen and oxygen atoms in total. The molecule has 0 saturated carbocycles. The van der Waals surface area contributed by atoms with Gasteiger partial charge in [-0.2, -0.15) is 8.42 Å². The first-order valence-corrected chi connectivity index (χ1v) is 34.1. The van der Waals surface area contributed by atoms with Gasteiger partial charge in [-0.3, -0.25) is 48.3 Å². The number of rotatable bonds is 60. The van der Waals surface area contributed by atoms with Gasteiger partial charge in [0.15, 0.2) is 5.78 Å². The Balaban J connectivity index is 2.26. The molecule has 0 radical (unpaired) electrons. The SMILES string of the molecule is CC(C)CC(=O)C[C@@H](CCCCNC(=O)COCCOCCCC(=O)COCCOCCNC(=O)CC[C@H](NC(=O)CCCCCCCCCCCCCCCS(=O)(=O)O)C(=O)O)C(=O)C(C)[C@@H](CCCCC(=N)N)C(=O)N[C@@H](Cc1ccc(O)cc1)C(N)=O. The third-order valence-corrected chi connectivity index (χ3v) is 15.9. The number of amides is 5. The number of hydrogen-bond donors (Lipinski definition) is 10. The maximum atomic E-state index is 14.3. The summed E-state index contributed by atoms with van der Waals surface area (Å²) in [5.41, 5.74) is 11.9. The number of phenols is 1. The van der Waals surface area contributed by atoms with Crippen molar-refractivity contribution in [3.05, 3.63) is 29.8 Å². The number of hydrogen-bond acceptors (Lipinski definition) is 17. The minimum absolute atomic E-state index is 0.000721. The van der Waals surface area contributed by atoms with Crippen LogP contribution in [0.5, 0.6) is 5.75 Å². The van der Waals surface area contributed by atoms with Crippen LogP contribution in [-0.4, -0.2) is 166 Å². The van der Waals surface area contributed by atoms with E-state index in [-0.39, 0.29) is 162 Å². The van der Waals surface area contributed by atoms with Gasteiger partial charge < -0.3 is 61.9 Å². The van der Waals surface area contributed by atoms with Crippen LogP contribution in [0.1, 0.15) is 200 Å². The lowest BCUT2D eigenvalue weighted by Crippen LogP contribution is -2.49. The Morgan fingerprint density at radius 1 is 0.544 bits per heavy atom. The Bertz CT molecular complexity index is 2380. The zero-order valence-electron chi connectivity index (χ0n) is 53.9. The first-order chi connectivity index (χ1) is 42.9. The highest BCUT2D eigenvalue weighted by molar-refractivity contribution is 7.85. The summed E-state index contributed by atoms with van der Waals surface area (Å²) in [6.07, 6.45) is 16.5. The number of primary amides is 1. The van der Waals surface area contributed by atoms with E-state index in [9.17, 15) is 61.8 Å². The van der Waals surface area contributed by atoms with Gasteiger partial charge in [0.25, 0.3) is 10.1 Å². The Morgan fingerprint density at radius 2 is 1.10 bits per heavy atom. The number of carbonyl (C=O) groups excluding carboxylic acids is 8. The smallest absolute Gasteiger partial charge is 0.326 e. The van der Waals surface area contributed by atoms with E-state index in [1.54, 1.807) is 19.1 Å². The van der Waals surface area contributed by atoms with Gasteiger partial charge in [-0.15, -0.1) is 0 Å². The zero-order valence-corrected chi connectivity index (χ0v) is 54.7. The number of Topliss-reactive ketones (excluding diaryl/α,β-unsaturated/α-hetero) is 3. The Hall–Kier alpha value is -5.93. The standard InChI is InChI=1S/C64H109N7O18S/c1-47(2)42-53(74)44-50(61(78)48(3)54(24-16-17-25-57(65)66)63(80)71-56(62(67)79)43-49-27-29-51(72)30-28-49)22-18-19-33-68-60(77)46-89-40-37-86-35-21-23-52(73)45-88-39-38-87-36-34-69-58(75)32-31-55(64(81)82)70-59(76)26-15-13-11-9-7-5-4-6-8-10-12-14-20-41-90(83,84)85/h27-30,47-48,50,54-56,72H,4-26,31-46H2,1-3H3,(H3,65,66)(H2,67,79)(H,68,77)(H,69,75)(H,70,76)(H,71,80)(H,81,82)(H,83,84,85)/t48?,50-,54-,55+,56+/m1/s1. The topological polar surface area (TPSA) is 409 Å². The molecule has 1 rings (SSSR count). The summed E-state index contributed by atoms with van der Waals surface area (Å²) in [6, 6.07) is 3.86. The van der Waals surface area contributed by atoms with Crippen molar-refractivity contribution in [3.63, 3.8) is 0 Å². The average Bonchev–Trinajstić information content (AvgIpc) is 1.71. The molecule has 26 heteroatoms. The van der Waals surface area contributed by atoms with Gasteiger partial charge in [0.05, 0.1) is 44.6 Å². The number of nitrogens with two attached hydrogens (primary N) is 2. The van der Waals surface area contributed by atoms with Crippen LogP contribution >= 0.6 is 0 Å². The van der Waals surface area contributed by atoms with Crippen molar-refractivity contribution < 1.29 is 85.3 Å². The van der Waals surface area contributed by atoms with Crippen LogP contribution in [0.25, 0.3) is 0 Å². The number of amidine groups is 1. The molecule has 0 aliphatic heterocycles. The van der Waals surface area contributed by atoms with Gasteiger partial charge in [-0.05, 0) is 75.0 Å². The molecule has 1 unspecified atom stereocenters. The summed E-state index contributed by atoms with van der Waals surface area (Å²) in [6.45, 7) is 6.81. The number of carboxylic acid groups (broad SMARTS) is 1. The predicted octanol–water partition coefficient (Wildman–Crippen LogP) is 6.36. The van der Waals surface area contributed by atoms with Crippen LogP contribution in [0, 0.1) is 29.1 Å². The van der Waals surface area contributed by atoms with Crippen molar-refractivity contribution in [3.8, 4) is 5.75 Å². The van der Waals surface area contributed by atoms with E-state index in [1.807, 2.05) is 13.8 Å². The van der Waals surface area contributed by atoms with Gasteiger partial charge in [0.1, 0.15) is 42.6 Å². The first kappa shape index (κ1) is 82.1. The van der Waals surface area contributed by atoms with Crippen molar-refractivity contribution in [1.29, 1.82) is 5.41 Å². The molecule has 0 bridgehead atoms. The molecular weight excluding hydrogens is 1190 g/mol. The fourth-order valence-electron chi connectivity index (χ4n) is 10.1. The number of unbranched alkanes of at least 4 members (excludes halogenated alkanes) is 14. The molecule has 0 aromatic heterocycles. The number of carboxylic acids is 1. The highest BCUT2D eigenvalue weighted by atomic mass is 32.2. The summed E-state index contributed by atoms with van der Waals surface area (Å²) in [7, 11) is -3.86. The van der Waals surface area contributed by atoms with Crippen LogP contribution in [0.3, 0.4) is 0 Å². The number of benzene rings is 1. The van der Waals surface area contributed by atoms with Crippen LogP contribution in [0.15, 0.2) is 24.3 Å². The van der Waals surface area contributed by atoms with Gasteiger partial charge >= 0.3 is 5.97 Å². The number of carbonyl (C=O) groups is 9. The summed E-state index contributed by atoms with van der Waals surface area (Å²) < 4.78 is 52.0. The quantitative estimate of drug-likeness (QED) is 0.0147. The van der Waals surface area contributed by atoms with E-state index in [0.29, 0.717) is 76.5 Å². The summed E-state index contributed by atoms with van der Waals surface area (Å²) in [4.78, 5) is 115. The first-order valence-electron chi connectivity index (χ1n) is 32.5. The second kappa shape index (κ2) is 50.7. The van der Waals surface area contributed by atoms with E-state index in [4.69, 9.17) is 40.4 Å². The maximum Gasteiger partial charge on any atom is 0.326 e. The Morgan fingerprint density at radius 3 is 1.69 bits per heavy atom. The predicted molar refractivity (Wildman–Crippen MR) is 341 cm³/mol. The Labute approximate surface area is 533 Å². The summed E-state index contributed by atoms with van der Waals surface area (Å²) >= 11 is 0. The third kappa shape index (κ3) is 45.3. The summed E-state index contributed by atoms with van der Waals surface area (Å²) in [5.74, 6) is -6.50. The van der Waals surface area contributed by atoms with Crippen molar-refractivity contribution in [2.45, 2.75) is 213 Å². The monoisotopic (exact) mass is 1300 g/mol. The molecule has 1 aromatic rings. The molecule has 1 aromatic carbocycles. The van der Waals surface area contributed by atoms with E-state index in [0.717, 1.165) is 70.6 Å². The number of nitrogens with one attached hydrogen (secondary N) is 5. The second-order valence-corrected chi connectivity index (χ2v) is 25.3. The van der Waals surface area contributed by atoms with E-state index >= 15 is 0 Å². The van der Waals surface area contributed by atoms with Gasteiger partial charge in [-0.25, -0.2) is 4.79 Å². The van der Waals surface area contributed by atoms with Gasteiger partial charge in [-0.1, -0.05) is 116 Å². The fourth-order valence-corrected chi connectivity index (χ4v) is 10.6. The van der Waals surface area contributed by atoms with Crippen molar-refractivity contribution in [2.75, 3.05) is 71.7 Å². The minimum Gasteiger partial charge on any atom is -0.508 e. The number of aliphatic carboxylic acids is 1. The average molecular weight is 1300 g/mol. The lowest BCUT2D eigenvalue weighted by atomic mass is 9.77. The Kier molecular flexibility index (Phi) is 46.2. The molecule has 12 N–H and O–H groups in total. The van der Waals surface area contributed by atoms with Crippen LogP contribution in [0.4, 0.5) is 0 Å². The fraction of sp³-hybridized carbons (Fsp3) is 0.750. The van der Waals surface area contributed by atoms with Gasteiger partial charge in [0, 0.05) is 82.4 Å². The zero-order chi connectivity index (χ0) is 67.0. The van der Waals surface area contributed by atoms with Crippen LogP contribution in [0.2, 0.25) is 0 Å². The molecular formula is C64H109N7O18S. The van der Waals surface area contributed by atoms with Crippen molar-refractivity contribution in [1.82, 2.24) is 21.3 Å². The number of ketones is 3. The third-order valence-electron chi connectivity index (χ3n) is 15.1. The largest absolute Gasteiger partial charge is 0.508 e. The summed E-state index contributed by atoms with van der Waals surface area (Å²) in [5, 5.41) is 37.6. The normalized spacial score (nSPS) is 13.2. The molecule has 0 fully saturated rings. The highest BCUT2D eigenvalue weighted by Crippen LogP contribution is 2.28. The van der Waals surface area contributed by atoms with E-state index in [2.05, 4.69) is 21.3 Å². The lowest BCUT2D eigenvalue weighted by molar-refractivity contribution is -0.142. The van der Waals surface area contributed by atoms with E-state index < -0.39 is 57.7 Å². The molecule has 514 valence electrons. The molecule has 0 heterocycles. The molecule has 5 amide bonds. The number of phenolic OH excluding ortho intramolecular Hbond substituents is 1. The highest BCUT2D eigenvalue weighted by Gasteiger charge is 2.36.